The van der Waals surface area contributed by atoms with Gasteiger partial charge in [-0.2, -0.15) is 0 Å². The van der Waals surface area contributed by atoms with Crippen molar-refractivity contribution in [2.45, 2.75) is 25.9 Å². The van der Waals surface area contributed by atoms with Gasteiger partial charge in [-0.3, -0.25) is 4.90 Å². The number of primary amides is 1. The molecule has 1 fully saturated rings. The molecule has 23 heavy (non-hydrogen) atoms. The van der Waals surface area contributed by atoms with E-state index in [4.69, 9.17) is 19.9 Å². The number of nitrogens with two attached hydrogens (primary N) is 1. The van der Waals surface area contributed by atoms with Crippen LogP contribution < -0.4 is 10.5 Å². The SMILES string of the molecule is CCCCOc1ccccc1C(CN1CCOCC1)OC(N)=O. The first kappa shape index (κ1) is 17.6. The zero-order valence-corrected chi connectivity index (χ0v) is 13.7. The predicted molar refractivity (Wildman–Crippen MR) is 87.5 cm³/mol. The van der Waals surface area contributed by atoms with Gasteiger partial charge in [0, 0.05) is 25.2 Å². The summed E-state index contributed by atoms with van der Waals surface area (Å²) in [4.78, 5) is 13.5. The molecule has 1 heterocycles. The number of carbonyl (C=O) groups excluding carboxylic acids is 1. The lowest BCUT2D eigenvalue weighted by Crippen LogP contribution is -2.40. The van der Waals surface area contributed by atoms with Crippen LogP contribution in [0.15, 0.2) is 24.3 Å². The van der Waals surface area contributed by atoms with E-state index >= 15 is 0 Å². The fraction of sp³-hybridized carbons (Fsp3) is 0.588. The Hall–Kier alpha value is -1.79. The molecule has 0 bridgehead atoms. The molecule has 0 spiro atoms. The molecule has 1 aromatic carbocycles. The molecule has 6 heteroatoms. The molecule has 1 unspecified atom stereocenters. The first-order valence-electron chi connectivity index (χ1n) is 8.18. The number of hydrogen-bond acceptors (Lipinski definition) is 5. The molecule has 1 amide bonds. The average molecular weight is 322 g/mol. The summed E-state index contributed by atoms with van der Waals surface area (Å²) in [5.74, 6) is 0.750. The topological polar surface area (TPSA) is 74.0 Å². The van der Waals surface area contributed by atoms with Crippen molar-refractivity contribution in [2.24, 2.45) is 5.73 Å². The van der Waals surface area contributed by atoms with Gasteiger partial charge < -0.3 is 19.9 Å². The standard InChI is InChI=1S/C17H26N2O4/c1-2-3-10-22-15-7-5-4-6-14(15)16(23-17(18)20)13-19-8-11-21-12-9-19/h4-7,16H,2-3,8-13H2,1H3,(H2,18,20). The summed E-state index contributed by atoms with van der Waals surface area (Å²) in [7, 11) is 0. The van der Waals surface area contributed by atoms with Crippen molar-refractivity contribution >= 4 is 6.09 Å². The van der Waals surface area contributed by atoms with Crippen LogP contribution in [-0.2, 0) is 9.47 Å². The van der Waals surface area contributed by atoms with E-state index in [0.29, 0.717) is 26.4 Å². The van der Waals surface area contributed by atoms with Gasteiger partial charge in [-0.05, 0) is 12.5 Å². The van der Waals surface area contributed by atoms with E-state index in [1.165, 1.54) is 0 Å². The van der Waals surface area contributed by atoms with Gasteiger partial charge in [0.25, 0.3) is 0 Å². The summed E-state index contributed by atoms with van der Waals surface area (Å²) in [6, 6.07) is 7.66. The van der Waals surface area contributed by atoms with Crippen molar-refractivity contribution in [2.75, 3.05) is 39.5 Å². The van der Waals surface area contributed by atoms with E-state index in [1.54, 1.807) is 0 Å². The van der Waals surface area contributed by atoms with E-state index in [9.17, 15) is 4.79 Å². The molecule has 0 aromatic heterocycles. The van der Waals surface area contributed by atoms with Crippen molar-refractivity contribution in [3.05, 3.63) is 29.8 Å². The largest absolute Gasteiger partial charge is 0.493 e. The first-order valence-corrected chi connectivity index (χ1v) is 8.18. The number of morpholine rings is 1. The third kappa shape index (κ3) is 5.73. The first-order chi connectivity index (χ1) is 11.2. The quantitative estimate of drug-likeness (QED) is 0.744. The number of rotatable bonds is 8. The van der Waals surface area contributed by atoms with E-state index in [-0.39, 0.29) is 0 Å². The zero-order chi connectivity index (χ0) is 16.5. The minimum Gasteiger partial charge on any atom is -0.493 e. The van der Waals surface area contributed by atoms with Crippen LogP contribution in [0.3, 0.4) is 0 Å². The highest BCUT2D eigenvalue weighted by Gasteiger charge is 2.23. The number of unbranched alkanes of at least 4 members (excludes halogenated alkanes) is 1. The number of ether oxygens (including phenoxy) is 3. The Morgan fingerprint density at radius 1 is 1.35 bits per heavy atom. The summed E-state index contributed by atoms with van der Waals surface area (Å²) >= 11 is 0. The highest BCUT2D eigenvalue weighted by Crippen LogP contribution is 2.29. The van der Waals surface area contributed by atoms with Crippen LogP contribution in [0.4, 0.5) is 4.79 Å². The summed E-state index contributed by atoms with van der Waals surface area (Å²) in [6.45, 7) is 6.37. The van der Waals surface area contributed by atoms with Crippen molar-refractivity contribution in [3.8, 4) is 5.75 Å². The number of amides is 1. The van der Waals surface area contributed by atoms with Gasteiger partial charge in [0.15, 0.2) is 0 Å². The summed E-state index contributed by atoms with van der Waals surface area (Å²) in [5.41, 5.74) is 6.12. The van der Waals surface area contributed by atoms with Gasteiger partial charge >= 0.3 is 6.09 Å². The molecule has 0 radical (unpaired) electrons. The molecule has 0 saturated carbocycles. The zero-order valence-electron chi connectivity index (χ0n) is 13.7. The van der Waals surface area contributed by atoms with Gasteiger partial charge in [0.05, 0.1) is 19.8 Å². The van der Waals surface area contributed by atoms with Crippen molar-refractivity contribution < 1.29 is 19.0 Å². The van der Waals surface area contributed by atoms with Crippen molar-refractivity contribution in [1.29, 1.82) is 0 Å². The maximum atomic E-state index is 11.3. The van der Waals surface area contributed by atoms with E-state index in [2.05, 4.69) is 11.8 Å². The Bertz CT molecular complexity index is 489. The predicted octanol–water partition coefficient (Wildman–Crippen LogP) is 2.33. The Morgan fingerprint density at radius 2 is 2.09 bits per heavy atom. The second-order valence-electron chi connectivity index (χ2n) is 5.58. The van der Waals surface area contributed by atoms with Crippen LogP contribution in [0, 0.1) is 0 Å². The van der Waals surface area contributed by atoms with Crippen LogP contribution in [-0.4, -0.2) is 50.4 Å². The Kier molecular flexibility index (Phi) is 7.16. The molecule has 1 atom stereocenters. The highest BCUT2D eigenvalue weighted by atomic mass is 16.6. The van der Waals surface area contributed by atoms with Crippen molar-refractivity contribution in [1.82, 2.24) is 4.90 Å². The van der Waals surface area contributed by atoms with Crippen molar-refractivity contribution in [3.63, 3.8) is 0 Å². The van der Waals surface area contributed by atoms with Gasteiger partial charge in [-0.25, -0.2) is 4.79 Å². The molecular weight excluding hydrogens is 296 g/mol. The molecule has 2 N–H and O–H groups in total. The maximum absolute atomic E-state index is 11.3. The fourth-order valence-electron chi connectivity index (χ4n) is 2.56. The summed E-state index contributed by atoms with van der Waals surface area (Å²) < 4.78 is 16.6. The minimum atomic E-state index is -0.772. The smallest absolute Gasteiger partial charge is 0.405 e. The number of nitrogens with zero attached hydrogens (tertiary/aromatic N) is 1. The van der Waals surface area contributed by atoms with Gasteiger partial charge in [0.2, 0.25) is 0 Å². The molecule has 1 aliphatic heterocycles. The van der Waals surface area contributed by atoms with E-state index < -0.39 is 12.2 Å². The van der Waals surface area contributed by atoms with Crippen LogP contribution >= 0.6 is 0 Å². The summed E-state index contributed by atoms with van der Waals surface area (Å²) in [5, 5.41) is 0. The third-order valence-electron chi connectivity index (χ3n) is 3.81. The van der Waals surface area contributed by atoms with Crippen LogP contribution in [0.25, 0.3) is 0 Å². The normalized spacial score (nSPS) is 16.7. The highest BCUT2D eigenvalue weighted by molar-refractivity contribution is 5.65. The average Bonchev–Trinajstić information content (AvgIpc) is 2.55. The number of hydrogen-bond donors (Lipinski definition) is 1. The lowest BCUT2D eigenvalue weighted by atomic mass is 10.1. The lowest BCUT2D eigenvalue weighted by Gasteiger charge is -2.30. The third-order valence-corrected chi connectivity index (χ3v) is 3.81. The number of benzene rings is 1. The number of carbonyl (C=O) groups is 1. The molecule has 1 aliphatic rings. The molecule has 128 valence electrons. The fourth-order valence-corrected chi connectivity index (χ4v) is 2.56. The van der Waals surface area contributed by atoms with E-state index in [0.717, 1.165) is 37.2 Å². The van der Waals surface area contributed by atoms with Gasteiger partial charge in [-0.15, -0.1) is 0 Å². The Labute approximate surface area is 137 Å². The molecule has 0 aliphatic carbocycles. The van der Waals surface area contributed by atoms with Gasteiger partial charge in [-0.1, -0.05) is 31.5 Å². The second-order valence-corrected chi connectivity index (χ2v) is 5.58. The maximum Gasteiger partial charge on any atom is 0.405 e. The van der Waals surface area contributed by atoms with Gasteiger partial charge in [0.1, 0.15) is 11.9 Å². The Balaban J connectivity index is 2.11. The van der Waals surface area contributed by atoms with E-state index in [1.807, 2.05) is 24.3 Å². The van der Waals surface area contributed by atoms with Crippen LogP contribution in [0.5, 0.6) is 5.75 Å². The minimum absolute atomic E-state index is 0.441. The second kappa shape index (κ2) is 9.37. The number of para-hydroxylation sites is 1. The summed E-state index contributed by atoms with van der Waals surface area (Å²) in [6.07, 6.45) is 0.839. The molecule has 1 aromatic rings. The molecule has 1 saturated heterocycles. The molecule has 2 rings (SSSR count). The van der Waals surface area contributed by atoms with Crippen LogP contribution in [0.1, 0.15) is 31.4 Å². The monoisotopic (exact) mass is 322 g/mol. The molecular formula is C17H26N2O4. The lowest BCUT2D eigenvalue weighted by molar-refractivity contribution is 0.00927. The Morgan fingerprint density at radius 3 is 2.78 bits per heavy atom. The molecule has 6 nitrogen and oxygen atoms in total. The van der Waals surface area contributed by atoms with Crippen LogP contribution in [0.2, 0.25) is 0 Å².